The second-order valence-electron chi connectivity index (χ2n) is 6.76. The minimum Gasteiger partial charge on any atom is -0.459 e. The van der Waals surface area contributed by atoms with Gasteiger partial charge in [0.05, 0.1) is 6.54 Å². The zero-order chi connectivity index (χ0) is 16.3. The van der Waals surface area contributed by atoms with E-state index in [1.807, 2.05) is 0 Å². The van der Waals surface area contributed by atoms with Gasteiger partial charge in [-0.1, -0.05) is 27.2 Å². The largest absolute Gasteiger partial charge is 0.459 e. The summed E-state index contributed by atoms with van der Waals surface area (Å²) in [5.74, 6) is 0.600. The first-order valence-electron chi connectivity index (χ1n) is 8.13. The van der Waals surface area contributed by atoms with Crippen molar-refractivity contribution in [3.63, 3.8) is 0 Å². The fourth-order valence-corrected chi connectivity index (χ4v) is 3.31. The summed E-state index contributed by atoms with van der Waals surface area (Å²) in [5.41, 5.74) is 0. The Balaban J connectivity index is 1.88. The van der Waals surface area contributed by atoms with Gasteiger partial charge in [-0.25, -0.2) is 4.79 Å². The molecular formula is C16H27NO5. The third-order valence-corrected chi connectivity index (χ3v) is 4.50. The third-order valence-electron chi connectivity index (χ3n) is 4.50. The van der Waals surface area contributed by atoms with E-state index < -0.39 is 24.5 Å². The number of rotatable bonds is 4. The highest BCUT2D eigenvalue weighted by Gasteiger charge is 2.38. The van der Waals surface area contributed by atoms with Crippen LogP contribution in [0.5, 0.6) is 0 Å². The number of hydrogen-bond donors (Lipinski definition) is 1. The summed E-state index contributed by atoms with van der Waals surface area (Å²) < 4.78 is 16.0. The van der Waals surface area contributed by atoms with Crippen molar-refractivity contribution in [1.82, 2.24) is 5.32 Å². The Morgan fingerprint density at radius 3 is 2.59 bits per heavy atom. The Kier molecular flexibility index (Phi) is 5.81. The molecule has 0 bridgehead atoms. The van der Waals surface area contributed by atoms with E-state index >= 15 is 0 Å². The quantitative estimate of drug-likeness (QED) is 0.798. The van der Waals surface area contributed by atoms with Gasteiger partial charge in [0.25, 0.3) is 0 Å². The van der Waals surface area contributed by atoms with Crippen molar-refractivity contribution in [2.45, 2.75) is 65.6 Å². The highest BCUT2D eigenvalue weighted by molar-refractivity contribution is 5.75. The van der Waals surface area contributed by atoms with Crippen LogP contribution in [0.25, 0.3) is 0 Å². The Bertz CT molecular complexity index is 411. The summed E-state index contributed by atoms with van der Waals surface area (Å²) in [6.45, 7) is 8.14. The van der Waals surface area contributed by atoms with Crippen molar-refractivity contribution in [2.24, 2.45) is 17.8 Å². The number of carbonyl (C=O) groups is 2. The zero-order valence-electron chi connectivity index (χ0n) is 13.8. The average Bonchev–Trinajstić information content (AvgIpc) is 2.86. The maximum atomic E-state index is 12.3. The molecule has 0 unspecified atom stereocenters. The van der Waals surface area contributed by atoms with E-state index in [1.165, 1.54) is 13.3 Å². The fourth-order valence-electron chi connectivity index (χ4n) is 3.31. The molecule has 0 amide bonds. The lowest BCUT2D eigenvalue weighted by molar-refractivity contribution is -0.188. The molecule has 0 radical (unpaired) electrons. The van der Waals surface area contributed by atoms with Crippen molar-refractivity contribution >= 4 is 11.9 Å². The van der Waals surface area contributed by atoms with Gasteiger partial charge in [0.2, 0.25) is 12.5 Å². The van der Waals surface area contributed by atoms with Crippen LogP contribution in [0.4, 0.5) is 0 Å². The van der Waals surface area contributed by atoms with E-state index in [0.717, 1.165) is 12.8 Å². The lowest BCUT2D eigenvalue weighted by atomic mass is 9.75. The number of hydrogen-bond acceptors (Lipinski definition) is 6. The number of ether oxygens (including phenoxy) is 3. The maximum Gasteiger partial charge on any atom is 0.351 e. The molecule has 1 N–H and O–H groups in total. The fraction of sp³-hybridized carbons (Fsp3) is 0.875. The van der Waals surface area contributed by atoms with Crippen LogP contribution >= 0.6 is 0 Å². The molecule has 0 aromatic heterocycles. The van der Waals surface area contributed by atoms with Gasteiger partial charge in [-0.15, -0.1) is 0 Å². The van der Waals surface area contributed by atoms with Gasteiger partial charge in [0.1, 0.15) is 6.10 Å². The molecule has 0 aromatic carbocycles. The normalized spacial score (nSPS) is 35.4. The molecule has 5 atom stereocenters. The summed E-state index contributed by atoms with van der Waals surface area (Å²) in [4.78, 5) is 23.2. The molecule has 1 saturated heterocycles. The van der Waals surface area contributed by atoms with Crippen LogP contribution in [0.3, 0.4) is 0 Å². The first-order valence-corrected chi connectivity index (χ1v) is 8.13. The molecule has 6 nitrogen and oxygen atoms in total. The standard InChI is InChI=1S/C16H27NO5/c1-9(2)12-6-5-10(3)7-13(12)21-16(19)15-17-8-14(22-15)20-11(4)18/h9-10,12-15,17H,5-8H2,1-4H3/t10-,12+,13-,14-,15+/m1/s1. The predicted octanol–water partition coefficient (Wildman–Crippen LogP) is 1.83. The van der Waals surface area contributed by atoms with E-state index in [-0.39, 0.29) is 6.10 Å². The summed E-state index contributed by atoms with van der Waals surface area (Å²) >= 11 is 0. The zero-order valence-corrected chi connectivity index (χ0v) is 13.8. The Hall–Kier alpha value is -1.14. The predicted molar refractivity (Wildman–Crippen MR) is 79.7 cm³/mol. The molecule has 0 spiro atoms. The van der Waals surface area contributed by atoms with Gasteiger partial charge in [-0.2, -0.15) is 0 Å². The molecule has 22 heavy (non-hydrogen) atoms. The van der Waals surface area contributed by atoms with Crippen LogP contribution in [0.1, 0.15) is 47.0 Å². The van der Waals surface area contributed by atoms with Crippen molar-refractivity contribution in [1.29, 1.82) is 0 Å². The molecule has 6 heteroatoms. The molecule has 1 heterocycles. The third kappa shape index (κ3) is 4.43. The highest BCUT2D eigenvalue weighted by atomic mass is 16.7. The van der Waals surface area contributed by atoms with Crippen LogP contribution in [-0.2, 0) is 23.8 Å². The Morgan fingerprint density at radius 1 is 1.23 bits per heavy atom. The van der Waals surface area contributed by atoms with Crippen molar-refractivity contribution in [3.05, 3.63) is 0 Å². The second kappa shape index (κ2) is 7.42. The molecule has 2 rings (SSSR count). The topological polar surface area (TPSA) is 73.9 Å². The molecule has 1 aliphatic carbocycles. The molecule has 2 aliphatic rings. The van der Waals surface area contributed by atoms with Gasteiger partial charge in [0, 0.05) is 6.92 Å². The van der Waals surface area contributed by atoms with Gasteiger partial charge in [-0.3, -0.25) is 10.1 Å². The molecular weight excluding hydrogens is 286 g/mol. The number of esters is 2. The van der Waals surface area contributed by atoms with E-state index in [1.54, 1.807) is 0 Å². The smallest absolute Gasteiger partial charge is 0.351 e. The molecule has 126 valence electrons. The molecule has 0 aromatic rings. The summed E-state index contributed by atoms with van der Waals surface area (Å²) in [5, 5.41) is 2.88. The highest BCUT2D eigenvalue weighted by Crippen LogP contribution is 2.35. The Morgan fingerprint density at radius 2 is 1.95 bits per heavy atom. The Labute approximate surface area is 131 Å². The van der Waals surface area contributed by atoms with E-state index in [2.05, 4.69) is 26.1 Å². The van der Waals surface area contributed by atoms with Gasteiger partial charge < -0.3 is 14.2 Å². The van der Waals surface area contributed by atoms with Crippen LogP contribution in [-0.4, -0.2) is 37.1 Å². The first-order chi connectivity index (χ1) is 10.4. The maximum absolute atomic E-state index is 12.3. The minimum absolute atomic E-state index is 0.0607. The monoisotopic (exact) mass is 313 g/mol. The van der Waals surface area contributed by atoms with E-state index in [9.17, 15) is 9.59 Å². The van der Waals surface area contributed by atoms with Crippen LogP contribution < -0.4 is 5.32 Å². The van der Waals surface area contributed by atoms with Gasteiger partial charge in [-0.05, 0) is 30.6 Å². The van der Waals surface area contributed by atoms with Crippen LogP contribution in [0.2, 0.25) is 0 Å². The first kappa shape index (κ1) is 17.2. The molecule has 2 fully saturated rings. The van der Waals surface area contributed by atoms with Crippen LogP contribution in [0, 0.1) is 17.8 Å². The number of carbonyl (C=O) groups excluding carboxylic acids is 2. The van der Waals surface area contributed by atoms with Crippen LogP contribution in [0.15, 0.2) is 0 Å². The lowest BCUT2D eigenvalue weighted by Gasteiger charge is -2.37. The van der Waals surface area contributed by atoms with Crippen molar-refractivity contribution in [3.8, 4) is 0 Å². The van der Waals surface area contributed by atoms with Crippen molar-refractivity contribution < 1.29 is 23.8 Å². The van der Waals surface area contributed by atoms with Crippen molar-refractivity contribution in [2.75, 3.05) is 6.54 Å². The lowest BCUT2D eigenvalue weighted by Crippen LogP contribution is -2.41. The average molecular weight is 313 g/mol. The van der Waals surface area contributed by atoms with E-state index in [0.29, 0.717) is 24.3 Å². The molecule has 1 aliphatic heterocycles. The summed E-state index contributed by atoms with van der Waals surface area (Å²) in [6, 6.07) is 0. The SMILES string of the molecule is CC(=O)O[C@H]1CN[C@H](C(=O)O[C@@H]2C[C@H](C)CC[C@H]2C(C)C)O1. The number of nitrogens with one attached hydrogen (secondary N) is 1. The summed E-state index contributed by atoms with van der Waals surface area (Å²) in [6.07, 6.45) is 1.54. The van der Waals surface area contributed by atoms with Gasteiger partial charge >= 0.3 is 11.9 Å². The van der Waals surface area contributed by atoms with Gasteiger partial charge in [0.15, 0.2) is 0 Å². The van der Waals surface area contributed by atoms with E-state index in [4.69, 9.17) is 14.2 Å². The summed E-state index contributed by atoms with van der Waals surface area (Å²) in [7, 11) is 0. The second-order valence-corrected chi connectivity index (χ2v) is 6.76. The molecule has 1 saturated carbocycles. The minimum atomic E-state index is -0.852.